The number of thiophene rings is 1. The Bertz CT molecular complexity index is 619. The van der Waals surface area contributed by atoms with Crippen molar-refractivity contribution in [1.82, 2.24) is 5.32 Å². The molecule has 21 heavy (non-hydrogen) atoms. The van der Waals surface area contributed by atoms with E-state index >= 15 is 0 Å². The zero-order valence-corrected chi connectivity index (χ0v) is 13.2. The second-order valence-corrected chi connectivity index (χ2v) is 6.13. The van der Waals surface area contributed by atoms with Gasteiger partial charge in [-0.25, -0.2) is 4.79 Å². The molecule has 0 aliphatic carbocycles. The third kappa shape index (κ3) is 3.83. The lowest BCUT2D eigenvalue weighted by Crippen LogP contribution is -2.18. The minimum atomic E-state index is -0.863. The van der Waals surface area contributed by atoms with Crippen molar-refractivity contribution in [3.8, 4) is 5.75 Å². The number of hydrogen-bond donors (Lipinski definition) is 2. The minimum Gasteiger partial charge on any atom is -0.497 e. The van der Waals surface area contributed by atoms with Gasteiger partial charge in [0, 0.05) is 17.5 Å². The summed E-state index contributed by atoms with van der Waals surface area (Å²) in [4.78, 5) is 12.4. The van der Waals surface area contributed by atoms with Crippen LogP contribution in [-0.2, 0) is 6.54 Å². The zero-order chi connectivity index (χ0) is 15.4. The largest absolute Gasteiger partial charge is 0.497 e. The molecule has 0 saturated carbocycles. The topological polar surface area (TPSA) is 58.6 Å². The Balaban J connectivity index is 1.99. The Labute approximate surface area is 128 Å². The summed E-state index contributed by atoms with van der Waals surface area (Å²) in [6, 6.07) is 9.86. The van der Waals surface area contributed by atoms with Crippen molar-refractivity contribution < 1.29 is 14.6 Å². The van der Waals surface area contributed by atoms with Crippen LogP contribution in [0.3, 0.4) is 0 Å². The molecule has 0 spiro atoms. The van der Waals surface area contributed by atoms with Gasteiger partial charge in [-0.15, -0.1) is 11.3 Å². The normalized spacial score (nSPS) is 12.1. The fourth-order valence-corrected chi connectivity index (χ4v) is 2.95. The van der Waals surface area contributed by atoms with E-state index in [0.29, 0.717) is 11.4 Å². The van der Waals surface area contributed by atoms with Crippen LogP contribution in [0.15, 0.2) is 30.3 Å². The molecule has 2 rings (SSSR count). The molecular weight excluding hydrogens is 286 g/mol. The second kappa shape index (κ2) is 6.74. The van der Waals surface area contributed by atoms with Gasteiger partial charge in [-0.1, -0.05) is 12.1 Å². The number of rotatable bonds is 6. The predicted octanol–water partition coefficient (Wildman–Crippen LogP) is 3.61. The van der Waals surface area contributed by atoms with Crippen LogP contribution < -0.4 is 10.1 Å². The number of nitrogens with one attached hydrogen (secondary N) is 1. The van der Waals surface area contributed by atoms with Crippen LogP contribution in [0.1, 0.15) is 38.6 Å². The van der Waals surface area contributed by atoms with Gasteiger partial charge in [-0.2, -0.15) is 0 Å². The van der Waals surface area contributed by atoms with Crippen molar-refractivity contribution in [1.29, 1.82) is 0 Å². The van der Waals surface area contributed by atoms with Crippen molar-refractivity contribution >= 4 is 17.3 Å². The molecule has 0 saturated heterocycles. The van der Waals surface area contributed by atoms with E-state index in [1.165, 1.54) is 16.9 Å². The predicted molar refractivity (Wildman–Crippen MR) is 84.3 cm³/mol. The molecule has 1 atom stereocenters. The maximum atomic E-state index is 11.0. The number of methoxy groups -OCH3 is 1. The number of hydrogen-bond acceptors (Lipinski definition) is 4. The second-order valence-electron chi connectivity index (χ2n) is 4.87. The van der Waals surface area contributed by atoms with Crippen LogP contribution in [0.5, 0.6) is 5.75 Å². The van der Waals surface area contributed by atoms with E-state index < -0.39 is 5.97 Å². The lowest BCUT2D eigenvalue weighted by atomic mass is 10.1. The number of carboxylic acids is 1. The lowest BCUT2D eigenvalue weighted by Gasteiger charge is -2.14. The van der Waals surface area contributed by atoms with Crippen LogP contribution >= 0.6 is 11.3 Å². The minimum absolute atomic E-state index is 0.184. The number of benzene rings is 1. The third-order valence-corrected chi connectivity index (χ3v) is 4.53. The van der Waals surface area contributed by atoms with Crippen molar-refractivity contribution in [2.24, 2.45) is 0 Å². The Morgan fingerprint density at radius 3 is 2.57 bits per heavy atom. The quantitative estimate of drug-likeness (QED) is 0.856. The van der Waals surface area contributed by atoms with Crippen molar-refractivity contribution in [2.45, 2.75) is 26.4 Å². The SMILES string of the molecule is COc1ccc(C(C)NCc2cc(C(=O)O)sc2C)cc1. The van der Waals surface area contributed by atoms with E-state index in [2.05, 4.69) is 12.2 Å². The molecule has 0 radical (unpaired) electrons. The molecule has 0 bridgehead atoms. The van der Waals surface area contributed by atoms with E-state index in [9.17, 15) is 4.79 Å². The number of ether oxygens (including phenoxy) is 1. The number of carbonyl (C=O) groups is 1. The standard InChI is InChI=1S/C16H19NO3S/c1-10(12-4-6-14(20-3)7-5-12)17-9-13-8-15(16(18)19)21-11(13)2/h4-8,10,17H,9H2,1-3H3,(H,18,19). The van der Waals surface area contributed by atoms with Crippen LogP contribution in [0.4, 0.5) is 0 Å². The summed E-state index contributed by atoms with van der Waals surface area (Å²) in [6.07, 6.45) is 0. The molecule has 1 aromatic heterocycles. The van der Waals surface area contributed by atoms with E-state index in [-0.39, 0.29) is 6.04 Å². The fraction of sp³-hybridized carbons (Fsp3) is 0.312. The maximum absolute atomic E-state index is 11.0. The maximum Gasteiger partial charge on any atom is 0.345 e. The molecule has 1 heterocycles. The summed E-state index contributed by atoms with van der Waals surface area (Å²) in [5.74, 6) is -0.0247. The zero-order valence-electron chi connectivity index (χ0n) is 12.3. The van der Waals surface area contributed by atoms with Gasteiger partial charge in [0.1, 0.15) is 10.6 Å². The lowest BCUT2D eigenvalue weighted by molar-refractivity contribution is 0.0702. The Morgan fingerprint density at radius 1 is 1.38 bits per heavy atom. The van der Waals surface area contributed by atoms with Crippen LogP contribution in [0.25, 0.3) is 0 Å². The van der Waals surface area contributed by atoms with Gasteiger partial charge >= 0.3 is 5.97 Å². The van der Waals surface area contributed by atoms with Gasteiger partial charge in [0.25, 0.3) is 0 Å². The first-order valence-electron chi connectivity index (χ1n) is 6.71. The number of carboxylic acid groups (broad SMARTS) is 1. The summed E-state index contributed by atoms with van der Waals surface area (Å²) in [6.45, 7) is 4.69. The molecule has 0 aliphatic heterocycles. The monoisotopic (exact) mass is 305 g/mol. The van der Waals surface area contributed by atoms with E-state index in [4.69, 9.17) is 9.84 Å². The van der Waals surface area contributed by atoms with Gasteiger partial charge in [-0.05, 0) is 43.2 Å². The molecule has 2 aromatic rings. The third-order valence-electron chi connectivity index (χ3n) is 3.45. The summed E-state index contributed by atoms with van der Waals surface area (Å²) < 4.78 is 5.14. The highest BCUT2D eigenvalue weighted by molar-refractivity contribution is 7.14. The molecule has 0 fully saturated rings. The van der Waals surface area contributed by atoms with Crippen molar-refractivity contribution in [2.75, 3.05) is 7.11 Å². The molecule has 0 aliphatic rings. The number of aromatic carboxylic acids is 1. The molecule has 112 valence electrons. The van der Waals surface area contributed by atoms with Gasteiger partial charge in [0.05, 0.1) is 7.11 Å². The van der Waals surface area contributed by atoms with Gasteiger partial charge < -0.3 is 15.2 Å². The Hall–Kier alpha value is -1.85. The molecule has 2 N–H and O–H groups in total. The molecule has 1 unspecified atom stereocenters. The van der Waals surface area contributed by atoms with Crippen LogP contribution in [-0.4, -0.2) is 18.2 Å². The average molecular weight is 305 g/mol. The highest BCUT2D eigenvalue weighted by Crippen LogP contribution is 2.23. The summed E-state index contributed by atoms with van der Waals surface area (Å²) in [5.41, 5.74) is 2.21. The first kappa shape index (κ1) is 15.5. The smallest absolute Gasteiger partial charge is 0.345 e. The van der Waals surface area contributed by atoms with Gasteiger partial charge in [0.2, 0.25) is 0 Å². The van der Waals surface area contributed by atoms with Crippen molar-refractivity contribution in [3.05, 3.63) is 51.2 Å². The summed E-state index contributed by atoms with van der Waals surface area (Å²) in [7, 11) is 1.65. The first-order chi connectivity index (χ1) is 10.0. The average Bonchev–Trinajstić information content (AvgIpc) is 2.86. The highest BCUT2D eigenvalue weighted by Gasteiger charge is 2.12. The van der Waals surface area contributed by atoms with Crippen LogP contribution in [0.2, 0.25) is 0 Å². The fourth-order valence-electron chi connectivity index (χ4n) is 2.07. The molecular formula is C16H19NO3S. The first-order valence-corrected chi connectivity index (χ1v) is 7.53. The molecule has 1 aromatic carbocycles. The Kier molecular flexibility index (Phi) is 4.98. The van der Waals surface area contributed by atoms with E-state index in [1.54, 1.807) is 13.2 Å². The number of aryl methyl sites for hydroxylation is 1. The van der Waals surface area contributed by atoms with Crippen LogP contribution in [0, 0.1) is 6.92 Å². The summed E-state index contributed by atoms with van der Waals surface area (Å²) >= 11 is 1.32. The van der Waals surface area contributed by atoms with Gasteiger partial charge in [-0.3, -0.25) is 0 Å². The summed E-state index contributed by atoms with van der Waals surface area (Å²) in [5, 5.41) is 12.4. The molecule has 5 heteroatoms. The van der Waals surface area contributed by atoms with E-state index in [0.717, 1.165) is 16.2 Å². The van der Waals surface area contributed by atoms with E-state index in [1.807, 2.05) is 31.2 Å². The van der Waals surface area contributed by atoms with Crippen molar-refractivity contribution in [3.63, 3.8) is 0 Å². The molecule has 4 nitrogen and oxygen atoms in total. The Morgan fingerprint density at radius 2 is 2.05 bits per heavy atom. The van der Waals surface area contributed by atoms with Gasteiger partial charge in [0.15, 0.2) is 0 Å². The highest BCUT2D eigenvalue weighted by atomic mass is 32.1. The molecule has 0 amide bonds.